The molecule has 0 unspecified atom stereocenters. The minimum Gasteiger partial charge on any atom is -0.454 e. The monoisotopic (exact) mass is 425 g/mol. The summed E-state index contributed by atoms with van der Waals surface area (Å²) in [5.41, 5.74) is 1.42. The number of rotatable bonds is 9. The standard InChI is InChI=1S/C23H27N3O5/c1-4-26(5-2)22(29)18-11-13-19(14-12-18)25-20(27)15-31-23(30)16(3)24-21(28)17-9-7-6-8-10-17/h6-14,16H,4-5,15H2,1-3H3,(H,24,28)(H,25,27)/t16-/m0/s1. The van der Waals surface area contributed by atoms with Crippen molar-refractivity contribution >= 4 is 29.4 Å². The normalized spacial score (nSPS) is 11.2. The SMILES string of the molecule is CCN(CC)C(=O)c1ccc(NC(=O)COC(=O)[C@H](C)NC(=O)c2ccccc2)cc1. The molecule has 0 aliphatic rings. The van der Waals surface area contributed by atoms with Gasteiger partial charge in [0.25, 0.3) is 17.7 Å². The van der Waals surface area contributed by atoms with E-state index in [2.05, 4.69) is 10.6 Å². The van der Waals surface area contributed by atoms with Crippen molar-refractivity contribution in [3.8, 4) is 0 Å². The number of carbonyl (C=O) groups is 4. The summed E-state index contributed by atoms with van der Waals surface area (Å²) in [6.45, 7) is 6.03. The lowest BCUT2D eigenvalue weighted by Gasteiger charge is -2.18. The lowest BCUT2D eigenvalue weighted by atomic mass is 10.2. The van der Waals surface area contributed by atoms with Gasteiger partial charge in [-0.2, -0.15) is 0 Å². The number of anilines is 1. The zero-order valence-corrected chi connectivity index (χ0v) is 17.9. The molecular weight excluding hydrogens is 398 g/mol. The molecule has 2 aromatic rings. The highest BCUT2D eigenvalue weighted by molar-refractivity contribution is 5.98. The van der Waals surface area contributed by atoms with Gasteiger partial charge in [0.2, 0.25) is 0 Å². The molecule has 3 amide bonds. The van der Waals surface area contributed by atoms with Crippen LogP contribution < -0.4 is 10.6 Å². The van der Waals surface area contributed by atoms with Crippen LogP contribution in [0.4, 0.5) is 5.69 Å². The highest BCUT2D eigenvalue weighted by Gasteiger charge is 2.19. The number of ether oxygens (including phenoxy) is 1. The number of amides is 3. The van der Waals surface area contributed by atoms with E-state index in [9.17, 15) is 19.2 Å². The number of hydrogen-bond donors (Lipinski definition) is 2. The molecule has 0 radical (unpaired) electrons. The predicted molar refractivity (Wildman–Crippen MR) is 117 cm³/mol. The van der Waals surface area contributed by atoms with Gasteiger partial charge in [-0.05, 0) is 57.2 Å². The molecule has 2 aromatic carbocycles. The third-order valence-corrected chi connectivity index (χ3v) is 4.55. The Hall–Kier alpha value is -3.68. The first-order valence-corrected chi connectivity index (χ1v) is 10.1. The van der Waals surface area contributed by atoms with Crippen LogP contribution in [0, 0.1) is 0 Å². The molecule has 8 heteroatoms. The second-order valence-electron chi connectivity index (χ2n) is 6.77. The van der Waals surface area contributed by atoms with Gasteiger partial charge in [0.15, 0.2) is 6.61 Å². The molecule has 0 fully saturated rings. The zero-order valence-electron chi connectivity index (χ0n) is 17.9. The van der Waals surface area contributed by atoms with Crippen LogP contribution in [-0.4, -0.2) is 54.3 Å². The molecular formula is C23H27N3O5. The van der Waals surface area contributed by atoms with Crippen LogP contribution in [-0.2, 0) is 14.3 Å². The Morgan fingerprint density at radius 2 is 1.52 bits per heavy atom. The molecule has 0 saturated heterocycles. The van der Waals surface area contributed by atoms with Crippen molar-refractivity contribution in [2.75, 3.05) is 25.0 Å². The van der Waals surface area contributed by atoms with Gasteiger partial charge in [-0.3, -0.25) is 14.4 Å². The highest BCUT2D eigenvalue weighted by Crippen LogP contribution is 2.12. The van der Waals surface area contributed by atoms with Crippen LogP contribution in [0.15, 0.2) is 54.6 Å². The summed E-state index contributed by atoms with van der Waals surface area (Å²) < 4.78 is 4.97. The summed E-state index contributed by atoms with van der Waals surface area (Å²) in [5, 5.41) is 5.12. The van der Waals surface area contributed by atoms with Crippen molar-refractivity contribution in [3.05, 3.63) is 65.7 Å². The minimum atomic E-state index is -0.911. The smallest absolute Gasteiger partial charge is 0.328 e. The largest absolute Gasteiger partial charge is 0.454 e. The van der Waals surface area contributed by atoms with E-state index in [0.717, 1.165) is 0 Å². The van der Waals surface area contributed by atoms with Gasteiger partial charge in [-0.1, -0.05) is 18.2 Å². The summed E-state index contributed by atoms with van der Waals surface area (Å²) in [7, 11) is 0. The van der Waals surface area contributed by atoms with Crippen LogP contribution in [0.2, 0.25) is 0 Å². The van der Waals surface area contributed by atoms with Crippen molar-refractivity contribution in [1.82, 2.24) is 10.2 Å². The van der Waals surface area contributed by atoms with E-state index in [0.29, 0.717) is 29.9 Å². The topological polar surface area (TPSA) is 105 Å². The van der Waals surface area contributed by atoms with Gasteiger partial charge in [-0.15, -0.1) is 0 Å². The Kier molecular flexibility index (Phi) is 8.75. The number of nitrogens with zero attached hydrogens (tertiary/aromatic N) is 1. The number of esters is 1. The number of nitrogens with one attached hydrogen (secondary N) is 2. The van der Waals surface area contributed by atoms with Crippen molar-refractivity contribution < 1.29 is 23.9 Å². The molecule has 1 atom stereocenters. The van der Waals surface area contributed by atoms with E-state index in [1.807, 2.05) is 13.8 Å². The average molecular weight is 425 g/mol. The Labute approximate surface area is 181 Å². The van der Waals surface area contributed by atoms with E-state index in [-0.39, 0.29) is 5.91 Å². The average Bonchev–Trinajstić information content (AvgIpc) is 2.79. The fourth-order valence-electron chi connectivity index (χ4n) is 2.78. The third kappa shape index (κ3) is 6.95. The van der Waals surface area contributed by atoms with Gasteiger partial charge in [0.1, 0.15) is 6.04 Å². The maximum absolute atomic E-state index is 12.3. The van der Waals surface area contributed by atoms with Crippen LogP contribution in [0.25, 0.3) is 0 Å². The van der Waals surface area contributed by atoms with Crippen molar-refractivity contribution in [2.45, 2.75) is 26.8 Å². The molecule has 164 valence electrons. The first-order chi connectivity index (χ1) is 14.8. The van der Waals surface area contributed by atoms with Crippen LogP contribution >= 0.6 is 0 Å². The Morgan fingerprint density at radius 3 is 2.10 bits per heavy atom. The summed E-state index contributed by atoms with van der Waals surface area (Å²) >= 11 is 0. The van der Waals surface area contributed by atoms with Gasteiger partial charge >= 0.3 is 5.97 Å². The molecule has 0 aliphatic carbocycles. The van der Waals surface area contributed by atoms with Gasteiger partial charge in [0.05, 0.1) is 0 Å². The minimum absolute atomic E-state index is 0.0802. The maximum atomic E-state index is 12.3. The summed E-state index contributed by atoms with van der Waals surface area (Å²) in [4.78, 5) is 50.2. The van der Waals surface area contributed by atoms with E-state index in [1.165, 1.54) is 6.92 Å². The fraction of sp³-hybridized carbons (Fsp3) is 0.304. The molecule has 31 heavy (non-hydrogen) atoms. The molecule has 0 bridgehead atoms. The summed E-state index contributed by atoms with van der Waals surface area (Å²) in [5.74, 6) is -1.74. The molecule has 0 spiro atoms. The molecule has 0 saturated carbocycles. The van der Waals surface area contributed by atoms with E-state index in [4.69, 9.17) is 4.74 Å². The zero-order chi connectivity index (χ0) is 22.8. The Bertz CT molecular complexity index is 909. The van der Waals surface area contributed by atoms with E-state index < -0.39 is 30.4 Å². The van der Waals surface area contributed by atoms with Crippen LogP contribution in [0.3, 0.4) is 0 Å². The van der Waals surface area contributed by atoms with Gasteiger partial charge < -0.3 is 20.3 Å². The van der Waals surface area contributed by atoms with E-state index in [1.54, 1.807) is 59.5 Å². The Balaban J connectivity index is 1.81. The highest BCUT2D eigenvalue weighted by atomic mass is 16.5. The predicted octanol–water partition coefficient (Wildman–Crippen LogP) is 2.47. The molecule has 0 heterocycles. The third-order valence-electron chi connectivity index (χ3n) is 4.55. The quantitative estimate of drug-likeness (QED) is 0.601. The summed E-state index contributed by atoms with van der Waals surface area (Å²) in [6, 6.07) is 14.0. The van der Waals surface area contributed by atoms with Gasteiger partial charge in [0, 0.05) is 29.9 Å². The first kappa shape index (κ1) is 23.6. The molecule has 8 nitrogen and oxygen atoms in total. The van der Waals surface area contributed by atoms with Crippen molar-refractivity contribution in [3.63, 3.8) is 0 Å². The summed E-state index contributed by atoms with van der Waals surface area (Å²) in [6.07, 6.45) is 0. The van der Waals surface area contributed by atoms with Crippen molar-refractivity contribution in [2.24, 2.45) is 0 Å². The molecule has 2 N–H and O–H groups in total. The lowest BCUT2D eigenvalue weighted by molar-refractivity contribution is -0.148. The molecule has 0 aromatic heterocycles. The lowest BCUT2D eigenvalue weighted by Crippen LogP contribution is -2.40. The number of benzene rings is 2. The van der Waals surface area contributed by atoms with Gasteiger partial charge in [-0.25, -0.2) is 4.79 Å². The number of hydrogen-bond acceptors (Lipinski definition) is 5. The van der Waals surface area contributed by atoms with Crippen LogP contribution in [0.1, 0.15) is 41.5 Å². The second-order valence-corrected chi connectivity index (χ2v) is 6.77. The number of carbonyl (C=O) groups excluding carboxylic acids is 4. The van der Waals surface area contributed by atoms with Crippen molar-refractivity contribution in [1.29, 1.82) is 0 Å². The van der Waals surface area contributed by atoms with Crippen LogP contribution in [0.5, 0.6) is 0 Å². The molecule has 2 rings (SSSR count). The van der Waals surface area contributed by atoms with E-state index >= 15 is 0 Å². The molecule has 0 aliphatic heterocycles. The Morgan fingerprint density at radius 1 is 0.903 bits per heavy atom. The fourth-order valence-corrected chi connectivity index (χ4v) is 2.78. The second kappa shape index (κ2) is 11.5. The maximum Gasteiger partial charge on any atom is 0.328 e. The first-order valence-electron chi connectivity index (χ1n) is 10.1.